The van der Waals surface area contributed by atoms with E-state index in [1.807, 2.05) is 24.5 Å². The van der Waals surface area contributed by atoms with Crippen LogP contribution in [0.5, 0.6) is 5.75 Å². The van der Waals surface area contributed by atoms with Crippen LogP contribution in [-0.4, -0.2) is 53.1 Å². The van der Waals surface area contributed by atoms with E-state index < -0.39 is 0 Å². The Morgan fingerprint density at radius 3 is 2.77 bits per heavy atom. The largest absolute Gasteiger partial charge is 0.496 e. The van der Waals surface area contributed by atoms with Gasteiger partial charge in [0, 0.05) is 44.6 Å². The average molecular weight is 300 g/mol. The highest BCUT2D eigenvalue weighted by atomic mass is 16.5. The molecule has 3 rings (SSSR count). The Morgan fingerprint density at radius 2 is 2.05 bits per heavy atom. The maximum atomic E-state index is 5.55. The van der Waals surface area contributed by atoms with Gasteiger partial charge in [-0.05, 0) is 13.1 Å². The molecular weight excluding hydrogens is 276 g/mol. The van der Waals surface area contributed by atoms with Crippen molar-refractivity contribution in [3.8, 4) is 5.75 Å². The second-order valence-electron chi connectivity index (χ2n) is 5.93. The van der Waals surface area contributed by atoms with Gasteiger partial charge in [0.05, 0.1) is 19.7 Å². The summed E-state index contributed by atoms with van der Waals surface area (Å²) in [7, 11) is 5.98. The Morgan fingerprint density at radius 1 is 1.23 bits per heavy atom. The summed E-state index contributed by atoms with van der Waals surface area (Å²) in [6, 6.07) is 8.68. The van der Waals surface area contributed by atoms with Crippen molar-refractivity contribution in [1.29, 1.82) is 0 Å². The molecule has 118 valence electrons. The van der Waals surface area contributed by atoms with E-state index in [2.05, 4.69) is 45.6 Å². The van der Waals surface area contributed by atoms with Gasteiger partial charge in [-0.25, -0.2) is 4.98 Å². The van der Waals surface area contributed by atoms with Crippen molar-refractivity contribution < 1.29 is 4.74 Å². The van der Waals surface area contributed by atoms with Gasteiger partial charge in [-0.2, -0.15) is 0 Å². The summed E-state index contributed by atoms with van der Waals surface area (Å²) in [5.41, 5.74) is 1.26. The minimum absolute atomic E-state index is 0.352. The number of aryl methyl sites for hydroxylation is 1. The van der Waals surface area contributed by atoms with Crippen LogP contribution in [0.2, 0.25) is 0 Å². The Hall–Kier alpha value is -1.85. The fourth-order valence-electron chi connectivity index (χ4n) is 3.10. The monoisotopic (exact) mass is 300 g/mol. The van der Waals surface area contributed by atoms with Crippen LogP contribution in [0.4, 0.5) is 0 Å². The van der Waals surface area contributed by atoms with Crippen molar-refractivity contribution in [3.63, 3.8) is 0 Å². The first-order valence-electron chi connectivity index (χ1n) is 7.70. The quantitative estimate of drug-likeness (QED) is 0.864. The maximum Gasteiger partial charge on any atom is 0.123 e. The number of benzene rings is 1. The Balaban J connectivity index is 1.77. The Kier molecular flexibility index (Phi) is 4.45. The van der Waals surface area contributed by atoms with Gasteiger partial charge in [-0.1, -0.05) is 18.2 Å². The smallest absolute Gasteiger partial charge is 0.123 e. The molecule has 5 heteroatoms. The first kappa shape index (κ1) is 15.1. The van der Waals surface area contributed by atoms with Crippen LogP contribution in [0, 0.1) is 0 Å². The summed E-state index contributed by atoms with van der Waals surface area (Å²) in [4.78, 5) is 9.32. The summed E-state index contributed by atoms with van der Waals surface area (Å²) in [6.07, 6.45) is 3.87. The third kappa shape index (κ3) is 3.00. The molecule has 1 saturated heterocycles. The summed E-state index contributed by atoms with van der Waals surface area (Å²) >= 11 is 0. The van der Waals surface area contributed by atoms with E-state index in [1.165, 1.54) is 5.56 Å². The van der Waals surface area contributed by atoms with E-state index in [0.717, 1.165) is 37.8 Å². The predicted octanol–water partition coefficient (Wildman–Crippen LogP) is 1.92. The molecule has 0 spiro atoms. The molecule has 1 aromatic carbocycles. The molecule has 1 aromatic heterocycles. The zero-order chi connectivity index (χ0) is 15.5. The van der Waals surface area contributed by atoms with Gasteiger partial charge in [-0.15, -0.1) is 0 Å². The lowest BCUT2D eigenvalue weighted by Crippen LogP contribution is -2.46. The van der Waals surface area contributed by atoms with E-state index in [9.17, 15) is 0 Å². The number of imidazole rings is 1. The van der Waals surface area contributed by atoms with E-state index in [-0.39, 0.29) is 0 Å². The third-order valence-corrected chi connectivity index (χ3v) is 4.52. The normalized spacial score (nSPS) is 20.2. The topological polar surface area (TPSA) is 33.5 Å². The van der Waals surface area contributed by atoms with Crippen molar-refractivity contribution in [2.24, 2.45) is 7.05 Å². The highest BCUT2D eigenvalue weighted by Gasteiger charge is 2.28. The minimum atomic E-state index is 0.352. The van der Waals surface area contributed by atoms with Gasteiger partial charge in [0.25, 0.3) is 0 Å². The number of piperazine rings is 1. The van der Waals surface area contributed by atoms with Crippen molar-refractivity contribution >= 4 is 0 Å². The van der Waals surface area contributed by atoms with E-state index in [4.69, 9.17) is 4.74 Å². The molecule has 0 unspecified atom stereocenters. The lowest BCUT2D eigenvalue weighted by atomic mass is 10.0. The van der Waals surface area contributed by atoms with Gasteiger partial charge in [0.1, 0.15) is 11.6 Å². The van der Waals surface area contributed by atoms with Crippen LogP contribution in [0.25, 0.3) is 0 Å². The summed E-state index contributed by atoms with van der Waals surface area (Å²) in [6.45, 7) is 3.99. The average Bonchev–Trinajstić information content (AvgIpc) is 2.94. The van der Waals surface area contributed by atoms with E-state index >= 15 is 0 Å². The van der Waals surface area contributed by atoms with Gasteiger partial charge in [0.2, 0.25) is 0 Å². The number of para-hydroxylation sites is 1. The Bertz CT molecular complexity index is 625. The lowest BCUT2D eigenvalue weighted by Gasteiger charge is -2.40. The molecule has 22 heavy (non-hydrogen) atoms. The zero-order valence-corrected chi connectivity index (χ0v) is 13.6. The third-order valence-electron chi connectivity index (χ3n) is 4.52. The van der Waals surface area contributed by atoms with Crippen LogP contribution >= 0.6 is 0 Å². The minimum Gasteiger partial charge on any atom is -0.496 e. The first-order valence-corrected chi connectivity index (χ1v) is 7.70. The molecule has 1 atom stereocenters. The van der Waals surface area contributed by atoms with Crippen molar-refractivity contribution in [3.05, 3.63) is 48.0 Å². The van der Waals surface area contributed by atoms with Gasteiger partial charge >= 0.3 is 0 Å². The molecule has 1 aliphatic heterocycles. The molecule has 1 aliphatic rings. The molecule has 0 amide bonds. The molecule has 5 nitrogen and oxygen atoms in total. The Labute approximate surface area is 132 Å². The SMILES string of the molecule is COc1ccccc1[C@@H]1CN(Cc2nccn2C)CCN1C. The highest BCUT2D eigenvalue weighted by molar-refractivity contribution is 5.36. The molecule has 0 N–H and O–H groups in total. The van der Waals surface area contributed by atoms with E-state index in [1.54, 1.807) is 7.11 Å². The maximum absolute atomic E-state index is 5.55. The number of methoxy groups -OCH3 is 1. The fraction of sp³-hybridized carbons (Fsp3) is 0.471. The summed E-state index contributed by atoms with van der Waals surface area (Å²) < 4.78 is 7.64. The van der Waals surface area contributed by atoms with Crippen LogP contribution in [0.15, 0.2) is 36.7 Å². The van der Waals surface area contributed by atoms with Crippen LogP contribution in [0.1, 0.15) is 17.4 Å². The standard InChI is InChI=1S/C17H24N4O/c1-19-10-11-21(13-17-18-8-9-20(17)2)12-15(19)14-6-4-5-7-16(14)22-3/h4-9,15H,10-13H2,1-3H3/t15-/m0/s1. The molecule has 0 bridgehead atoms. The van der Waals surface area contributed by atoms with Crippen LogP contribution in [-0.2, 0) is 13.6 Å². The second kappa shape index (κ2) is 6.50. The molecular formula is C17H24N4O. The van der Waals surface area contributed by atoms with Gasteiger partial charge in [-0.3, -0.25) is 9.80 Å². The molecule has 0 aliphatic carbocycles. The highest BCUT2D eigenvalue weighted by Crippen LogP contribution is 2.31. The number of aromatic nitrogens is 2. The molecule has 2 aromatic rings. The van der Waals surface area contributed by atoms with Crippen molar-refractivity contribution in [1.82, 2.24) is 19.4 Å². The van der Waals surface area contributed by atoms with Crippen LogP contribution < -0.4 is 4.74 Å². The first-order chi connectivity index (χ1) is 10.7. The van der Waals surface area contributed by atoms with E-state index in [0.29, 0.717) is 6.04 Å². The lowest BCUT2D eigenvalue weighted by molar-refractivity contribution is 0.0866. The second-order valence-corrected chi connectivity index (χ2v) is 5.93. The van der Waals surface area contributed by atoms with Gasteiger partial charge < -0.3 is 9.30 Å². The fourth-order valence-corrected chi connectivity index (χ4v) is 3.10. The number of rotatable bonds is 4. The molecule has 0 radical (unpaired) electrons. The summed E-state index contributed by atoms with van der Waals surface area (Å²) in [5, 5.41) is 0. The number of likely N-dealkylation sites (N-methyl/N-ethyl adjacent to an activating group) is 1. The van der Waals surface area contributed by atoms with Gasteiger partial charge in [0.15, 0.2) is 0 Å². The van der Waals surface area contributed by atoms with Crippen LogP contribution in [0.3, 0.4) is 0 Å². The summed E-state index contributed by atoms with van der Waals surface area (Å²) in [5.74, 6) is 2.08. The number of ether oxygens (including phenoxy) is 1. The molecule has 0 saturated carbocycles. The zero-order valence-electron chi connectivity index (χ0n) is 13.6. The van der Waals surface area contributed by atoms with Crippen molar-refractivity contribution in [2.75, 3.05) is 33.8 Å². The molecule has 2 heterocycles. The number of hydrogen-bond donors (Lipinski definition) is 0. The number of hydrogen-bond acceptors (Lipinski definition) is 4. The number of nitrogens with zero attached hydrogens (tertiary/aromatic N) is 4. The molecule has 1 fully saturated rings. The van der Waals surface area contributed by atoms with Crippen molar-refractivity contribution in [2.45, 2.75) is 12.6 Å². The predicted molar refractivity (Wildman–Crippen MR) is 86.9 cm³/mol.